The number of aryl methyl sites for hydroxylation is 1. The van der Waals surface area contributed by atoms with Gasteiger partial charge in [0.2, 0.25) is 0 Å². The van der Waals surface area contributed by atoms with Crippen LogP contribution in [0.15, 0.2) is 47.1 Å². The van der Waals surface area contributed by atoms with Crippen LogP contribution in [0.4, 0.5) is 18.9 Å². The van der Waals surface area contributed by atoms with Crippen molar-refractivity contribution in [3.63, 3.8) is 0 Å². The number of nitrogens with zero attached hydrogens (tertiary/aromatic N) is 3. The second kappa shape index (κ2) is 8.74. The van der Waals surface area contributed by atoms with Gasteiger partial charge in [0.1, 0.15) is 11.5 Å². The molecular formula is C22H20BrF3N4O. The Morgan fingerprint density at radius 1 is 1.13 bits per heavy atom. The Balaban J connectivity index is 1.46. The second-order valence-electron chi connectivity index (χ2n) is 7.55. The number of halogens is 4. The topological polar surface area (TPSA) is 50.2 Å². The summed E-state index contributed by atoms with van der Waals surface area (Å²) in [5, 5.41) is 7.14. The summed E-state index contributed by atoms with van der Waals surface area (Å²) in [5.74, 6) is -2.96. The van der Waals surface area contributed by atoms with Gasteiger partial charge in [0, 0.05) is 49.7 Å². The normalized spacial score (nSPS) is 16.4. The number of piperidine rings is 1. The fraction of sp³-hybridized carbons (Fsp3) is 0.273. The monoisotopic (exact) mass is 492 g/mol. The van der Waals surface area contributed by atoms with Gasteiger partial charge in [0.05, 0.1) is 10.0 Å². The molecule has 2 heterocycles. The van der Waals surface area contributed by atoms with Crippen molar-refractivity contribution in [1.82, 2.24) is 15.1 Å². The number of rotatable bonds is 4. The number of amides is 1. The van der Waals surface area contributed by atoms with Crippen molar-refractivity contribution in [3.05, 3.63) is 70.1 Å². The lowest BCUT2D eigenvalue weighted by Gasteiger charge is -2.34. The van der Waals surface area contributed by atoms with Gasteiger partial charge in [-0.1, -0.05) is 6.07 Å². The average Bonchev–Trinajstić information content (AvgIpc) is 3.08. The Morgan fingerprint density at radius 3 is 2.61 bits per heavy atom. The molecule has 1 unspecified atom stereocenters. The van der Waals surface area contributed by atoms with Crippen LogP contribution in [0.5, 0.6) is 0 Å². The lowest BCUT2D eigenvalue weighted by Crippen LogP contribution is -2.48. The highest BCUT2D eigenvalue weighted by atomic mass is 79.9. The smallest absolute Gasteiger partial charge is 0.254 e. The van der Waals surface area contributed by atoms with Gasteiger partial charge in [-0.25, -0.2) is 13.2 Å². The Labute approximate surface area is 186 Å². The molecule has 3 aromatic rings. The molecule has 31 heavy (non-hydrogen) atoms. The maximum absolute atomic E-state index is 14.7. The average molecular weight is 493 g/mol. The Kier molecular flexibility index (Phi) is 6.04. The molecule has 5 nitrogen and oxygen atoms in total. The van der Waals surface area contributed by atoms with E-state index in [1.165, 1.54) is 18.2 Å². The predicted octanol–water partition coefficient (Wildman–Crippen LogP) is 4.67. The third-order valence-electron chi connectivity index (χ3n) is 5.30. The molecule has 1 amide bonds. The molecule has 0 radical (unpaired) electrons. The minimum atomic E-state index is -0.912. The maximum atomic E-state index is 14.7. The molecule has 1 N–H and O–H groups in total. The number of carbonyl (C=O) groups is 1. The molecule has 9 heteroatoms. The minimum absolute atomic E-state index is 0.0549. The number of hydrogen-bond acceptors (Lipinski definition) is 3. The molecule has 1 aliphatic rings. The van der Waals surface area contributed by atoms with E-state index in [9.17, 15) is 18.0 Å². The zero-order chi connectivity index (χ0) is 22.1. The number of benzene rings is 2. The predicted molar refractivity (Wildman–Crippen MR) is 115 cm³/mol. The Morgan fingerprint density at radius 2 is 1.94 bits per heavy atom. The van der Waals surface area contributed by atoms with E-state index in [0.29, 0.717) is 36.5 Å². The first kappa shape index (κ1) is 21.4. The van der Waals surface area contributed by atoms with Gasteiger partial charge in [-0.3, -0.25) is 9.48 Å². The zero-order valence-electron chi connectivity index (χ0n) is 16.7. The largest absolute Gasteiger partial charge is 0.369 e. The fourth-order valence-electron chi connectivity index (χ4n) is 3.78. The molecule has 1 fully saturated rings. The summed E-state index contributed by atoms with van der Waals surface area (Å²) in [7, 11) is 1.76. The van der Waals surface area contributed by atoms with Crippen LogP contribution in [0.1, 0.15) is 23.2 Å². The molecule has 2 aromatic carbocycles. The fourth-order valence-corrected chi connectivity index (χ4v) is 4.38. The van der Waals surface area contributed by atoms with Gasteiger partial charge in [0.15, 0.2) is 11.6 Å². The van der Waals surface area contributed by atoms with Gasteiger partial charge in [-0.05, 0) is 53.0 Å². The number of hydrogen-bond donors (Lipinski definition) is 1. The first-order valence-electron chi connectivity index (χ1n) is 9.82. The van der Waals surface area contributed by atoms with Gasteiger partial charge in [-0.15, -0.1) is 0 Å². The van der Waals surface area contributed by atoms with E-state index in [2.05, 4.69) is 26.3 Å². The van der Waals surface area contributed by atoms with Crippen LogP contribution in [0.2, 0.25) is 0 Å². The summed E-state index contributed by atoms with van der Waals surface area (Å²) in [6.45, 7) is 1.09. The Hall–Kier alpha value is -2.81. The van der Waals surface area contributed by atoms with Crippen molar-refractivity contribution < 1.29 is 18.0 Å². The molecule has 162 valence electrons. The van der Waals surface area contributed by atoms with E-state index in [4.69, 9.17) is 0 Å². The van der Waals surface area contributed by atoms with Gasteiger partial charge in [-0.2, -0.15) is 5.10 Å². The second-order valence-corrected chi connectivity index (χ2v) is 8.41. The van der Waals surface area contributed by atoms with Gasteiger partial charge >= 0.3 is 0 Å². The van der Waals surface area contributed by atoms with Crippen LogP contribution in [0, 0.1) is 17.5 Å². The molecule has 1 aliphatic heterocycles. The number of carbonyl (C=O) groups excluding carboxylic acids is 1. The van der Waals surface area contributed by atoms with Crippen LogP contribution in [-0.4, -0.2) is 34.8 Å². The van der Waals surface area contributed by atoms with Crippen LogP contribution in [0.3, 0.4) is 0 Å². The molecule has 0 saturated carbocycles. The van der Waals surface area contributed by atoms with E-state index < -0.39 is 23.4 Å². The van der Waals surface area contributed by atoms with E-state index in [1.807, 2.05) is 4.90 Å². The molecule has 1 aromatic heterocycles. The number of nitrogens with one attached hydrogen (secondary N) is 1. The van der Waals surface area contributed by atoms with Crippen molar-refractivity contribution in [1.29, 1.82) is 0 Å². The first-order chi connectivity index (χ1) is 14.8. The van der Waals surface area contributed by atoms with Crippen molar-refractivity contribution in [2.75, 3.05) is 18.0 Å². The van der Waals surface area contributed by atoms with E-state index in [1.54, 1.807) is 24.0 Å². The van der Waals surface area contributed by atoms with Crippen LogP contribution in [0.25, 0.3) is 11.3 Å². The van der Waals surface area contributed by atoms with Crippen molar-refractivity contribution in [2.45, 2.75) is 18.9 Å². The minimum Gasteiger partial charge on any atom is -0.369 e. The van der Waals surface area contributed by atoms with Crippen molar-refractivity contribution in [3.8, 4) is 11.3 Å². The summed E-state index contributed by atoms with van der Waals surface area (Å²) in [5.41, 5.74) is 1.64. The third kappa shape index (κ3) is 4.61. The quantitative estimate of drug-likeness (QED) is 0.575. The molecule has 0 spiro atoms. The van der Waals surface area contributed by atoms with Crippen LogP contribution in [-0.2, 0) is 7.05 Å². The summed E-state index contributed by atoms with van der Waals surface area (Å²) in [6, 6.07) is 7.89. The maximum Gasteiger partial charge on any atom is 0.254 e. The van der Waals surface area contributed by atoms with Gasteiger partial charge in [0.25, 0.3) is 5.91 Å². The van der Waals surface area contributed by atoms with E-state index >= 15 is 0 Å². The molecule has 4 rings (SSSR count). The summed E-state index contributed by atoms with van der Waals surface area (Å²) in [4.78, 5) is 14.6. The van der Waals surface area contributed by atoms with E-state index in [0.717, 1.165) is 23.0 Å². The lowest BCUT2D eigenvalue weighted by molar-refractivity contribution is 0.0929. The summed E-state index contributed by atoms with van der Waals surface area (Å²) in [6.07, 6.45) is 3.24. The molecule has 0 bridgehead atoms. The van der Waals surface area contributed by atoms with Crippen molar-refractivity contribution >= 4 is 27.5 Å². The van der Waals surface area contributed by atoms with Crippen molar-refractivity contribution in [2.24, 2.45) is 7.05 Å². The molecular weight excluding hydrogens is 473 g/mol. The summed E-state index contributed by atoms with van der Waals surface area (Å²) >= 11 is 3.39. The van der Waals surface area contributed by atoms with Crippen LogP contribution >= 0.6 is 15.9 Å². The number of aromatic nitrogens is 2. The highest BCUT2D eigenvalue weighted by molar-refractivity contribution is 9.10. The lowest BCUT2D eigenvalue weighted by atomic mass is 10.0. The molecule has 1 saturated heterocycles. The highest BCUT2D eigenvalue weighted by Crippen LogP contribution is 2.28. The van der Waals surface area contributed by atoms with Crippen LogP contribution < -0.4 is 10.2 Å². The first-order valence-corrected chi connectivity index (χ1v) is 10.6. The van der Waals surface area contributed by atoms with Gasteiger partial charge < -0.3 is 10.2 Å². The summed E-state index contributed by atoms with van der Waals surface area (Å²) < 4.78 is 43.8. The molecule has 1 atom stereocenters. The zero-order valence-corrected chi connectivity index (χ0v) is 18.3. The Bertz CT molecular complexity index is 1130. The highest BCUT2D eigenvalue weighted by Gasteiger charge is 2.24. The van der Waals surface area contributed by atoms with E-state index in [-0.39, 0.29) is 11.6 Å². The standard InChI is InChI=1S/C22H20BrF3N4O/c1-29-12-17(23)21(28-29)13-4-6-16(19(25)9-13)22(31)27-14-3-2-8-30(11-14)15-5-7-18(24)20(26)10-15/h4-7,9-10,12,14H,2-3,8,11H2,1H3,(H,27,31). The number of anilines is 1. The third-order valence-corrected chi connectivity index (χ3v) is 5.88. The SMILES string of the molecule is Cn1cc(Br)c(-c2ccc(C(=O)NC3CCCN(c4ccc(F)c(F)c4)C3)c(F)c2)n1. The molecule has 0 aliphatic carbocycles.